The van der Waals surface area contributed by atoms with E-state index in [1.54, 1.807) is 0 Å². The molecule has 21 heavy (non-hydrogen) atoms. The molecule has 0 aliphatic carbocycles. The van der Waals surface area contributed by atoms with E-state index in [4.69, 9.17) is 4.52 Å². The maximum atomic E-state index is 11.8. The van der Waals surface area contributed by atoms with Gasteiger partial charge in [0.1, 0.15) is 0 Å². The number of hydrogen-bond donors (Lipinski definition) is 1. The third-order valence-corrected chi connectivity index (χ3v) is 5.05. The molecule has 0 bridgehead atoms. The van der Waals surface area contributed by atoms with Gasteiger partial charge in [0.2, 0.25) is 0 Å². The summed E-state index contributed by atoms with van der Waals surface area (Å²) >= 11 is 0. The van der Waals surface area contributed by atoms with Crippen molar-refractivity contribution in [3.8, 4) is 0 Å². The Labute approximate surface area is 146 Å². The molecule has 0 aliphatic heterocycles. The van der Waals surface area contributed by atoms with Gasteiger partial charge in [-0.2, -0.15) is 0 Å². The standard InChI is InChI=1S/C16H35O3P.Mo/c1-3-5-7-9-11-13-15-19-20(17,18)16-14-12-10-8-6-4-2;/h3-16H2,1-2H3,(H,17,18);. The van der Waals surface area contributed by atoms with E-state index in [1.807, 2.05) is 0 Å². The molecule has 1 unspecified atom stereocenters. The van der Waals surface area contributed by atoms with Gasteiger partial charge in [0.15, 0.2) is 0 Å². The van der Waals surface area contributed by atoms with Crippen molar-refractivity contribution in [3.63, 3.8) is 0 Å². The average Bonchev–Trinajstić information content (AvgIpc) is 2.41. The Bertz CT molecular complexity index is 250. The first-order valence-electron chi connectivity index (χ1n) is 8.58. The van der Waals surface area contributed by atoms with Crippen LogP contribution in [0.4, 0.5) is 0 Å². The molecule has 0 heterocycles. The van der Waals surface area contributed by atoms with Crippen molar-refractivity contribution in [1.82, 2.24) is 0 Å². The van der Waals surface area contributed by atoms with Gasteiger partial charge in [0, 0.05) is 27.2 Å². The van der Waals surface area contributed by atoms with E-state index in [1.165, 1.54) is 51.4 Å². The Morgan fingerprint density at radius 3 is 1.71 bits per heavy atom. The van der Waals surface area contributed by atoms with Crippen LogP contribution in [0.5, 0.6) is 0 Å². The Balaban J connectivity index is 0. The van der Waals surface area contributed by atoms with Crippen LogP contribution in [-0.4, -0.2) is 17.7 Å². The Morgan fingerprint density at radius 2 is 1.19 bits per heavy atom. The van der Waals surface area contributed by atoms with Crippen molar-refractivity contribution in [2.75, 3.05) is 12.8 Å². The zero-order valence-electron chi connectivity index (χ0n) is 14.0. The van der Waals surface area contributed by atoms with Crippen LogP contribution in [0.2, 0.25) is 0 Å². The summed E-state index contributed by atoms with van der Waals surface area (Å²) < 4.78 is 16.9. The van der Waals surface area contributed by atoms with E-state index in [9.17, 15) is 9.46 Å². The SMILES string of the molecule is CCCCCCCCOP(=O)(O)CCCCCCCC.[Mo]. The van der Waals surface area contributed by atoms with Crippen molar-refractivity contribution >= 4 is 7.60 Å². The molecule has 0 aromatic heterocycles. The molecule has 1 atom stereocenters. The zero-order chi connectivity index (χ0) is 15.1. The predicted octanol–water partition coefficient (Wildman–Crippen LogP) is 5.91. The minimum Gasteiger partial charge on any atom is -0.324 e. The first kappa shape index (κ1) is 24.1. The topological polar surface area (TPSA) is 46.5 Å². The van der Waals surface area contributed by atoms with Gasteiger partial charge in [0.25, 0.3) is 0 Å². The molecule has 0 aromatic rings. The second-order valence-electron chi connectivity index (χ2n) is 5.73. The predicted molar refractivity (Wildman–Crippen MR) is 87.4 cm³/mol. The molecule has 0 radical (unpaired) electrons. The number of hydrogen-bond acceptors (Lipinski definition) is 2. The molecular formula is C16H35MoO3P. The van der Waals surface area contributed by atoms with E-state index < -0.39 is 7.60 Å². The summed E-state index contributed by atoms with van der Waals surface area (Å²) in [6, 6.07) is 0. The molecule has 0 saturated heterocycles. The largest absolute Gasteiger partial charge is 0.328 e. The van der Waals surface area contributed by atoms with E-state index >= 15 is 0 Å². The molecule has 0 fully saturated rings. The first-order chi connectivity index (χ1) is 9.62. The maximum Gasteiger partial charge on any atom is 0.328 e. The van der Waals surface area contributed by atoms with Crippen LogP contribution < -0.4 is 0 Å². The maximum absolute atomic E-state index is 11.8. The molecule has 128 valence electrons. The van der Waals surface area contributed by atoms with Gasteiger partial charge >= 0.3 is 7.60 Å². The zero-order valence-corrected chi connectivity index (χ0v) is 16.9. The Hall–Kier alpha value is 0.838. The van der Waals surface area contributed by atoms with Gasteiger partial charge < -0.3 is 9.42 Å². The molecule has 0 rings (SSSR count). The van der Waals surface area contributed by atoms with E-state index in [2.05, 4.69) is 13.8 Å². The van der Waals surface area contributed by atoms with Gasteiger partial charge in [0.05, 0.1) is 6.61 Å². The van der Waals surface area contributed by atoms with Crippen LogP contribution in [0, 0.1) is 0 Å². The molecular weight excluding hydrogens is 367 g/mol. The fourth-order valence-corrected chi connectivity index (χ4v) is 3.41. The first-order valence-corrected chi connectivity index (χ1v) is 10.3. The summed E-state index contributed by atoms with van der Waals surface area (Å²) in [5, 5.41) is 0. The van der Waals surface area contributed by atoms with E-state index in [0.717, 1.165) is 25.7 Å². The fraction of sp³-hybridized carbons (Fsp3) is 1.00. The minimum absolute atomic E-state index is 0. The van der Waals surface area contributed by atoms with Gasteiger partial charge in [-0.3, -0.25) is 4.57 Å². The average molecular weight is 402 g/mol. The van der Waals surface area contributed by atoms with Crippen molar-refractivity contribution in [3.05, 3.63) is 0 Å². The smallest absolute Gasteiger partial charge is 0.324 e. The molecule has 0 saturated carbocycles. The van der Waals surface area contributed by atoms with Crippen LogP contribution in [0.25, 0.3) is 0 Å². The van der Waals surface area contributed by atoms with Crippen molar-refractivity contribution < 1.29 is 35.0 Å². The molecule has 0 aliphatic rings. The fourth-order valence-electron chi connectivity index (χ4n) is 2.25. The second-order valence-corrected chi connectivity index (χ2v) is 7.71. The third kappa shape index (κ3) is 18.8. The van der Waals surface area contributed by atoms with Crippen LogP contribution in [0.1, 0.15) is 90.9 Å². The normalized spacial score (nSPS) is 13.7. The summed E-state index contributed by atoms with van der Waals surface area (Å²) in [5.74, 6) is 0. The molecule has 0 amide bonds. The number of rotatable bonds is 15. The quantitative estimate of drug-likeness (QED) is 0.211. The van der Waals surface area contributed by atoms with Gasteiger partial charge in [-0.25, -0.2) is 0 Å². The van der Waals surface area contributed by atoms with Gasteiger partial charge in [-0.05, 0) is 12.8 Å². The molecule has 1 N–H and O–H groups in total. The minimum atomic E-state index is -3.31. The molecule has 5 heteroatoms. The van der Waals surface area contributed by atoms with Crippen molar-refractivity contribution in [2.24, 2.45) is 0 Å². The van der Waals surface area contributed by atoms with Gasteiger partial charge in [-0.1, -0.05) is 78.1 Å². The summed E-state index contributed by atoms with van der Waals surface area (Å²) in [7, 11) is -3.31. The van der Waals surface area contributed by atoms with Crippen LogP contribution in [0.3, 0.4) is 0 Å². The van der Waals surface area contributed by atoms with E-state index in [-0.39, 0.29) is 21.1 Å². The van der Waals surface area contributed by atoms with Crippen LogP contribution in [-0.2, 0) is 30.2 Å². The van der Waals surface area contributed by atoms with Gasteiger partial charge in [-0.15, -0.1) is 0 Å². The molecule has 0 spiro atoms. The third-order valence-electron chi connectivity index (χ3n) is 3.59. The monoisotopic (exact) mass is 404 g/mol. The second kappa shape index (κ2) is 17.2. The number of unbranched alkanes of at least 4 members (excludes halogenated alkanes) is 10. The molecule has 0 aromatic carbocycles. The Morgan fingerprint density at radius 1 is 0.762 bits per heavy atom. The van der Waals surface area contributed by atoms with E-state index in [0.29, 0.717) is 12.8 Å². The summed E-state index contributed by atoms with van der Waals surface area (Å²) in [6.45, 7) is 4.83. The molecule has 3 nitrogen and oxygen atoms in total. The van der Waals surface area contributed by atoms with Crippen LogP contribution >= 0.6 is 7.60 Å². The van der Waals surface area contributed by atoms with Crippen LogP contribution in [0.15, 0.2) is 0 Å². The summed E-state index contributed by atoms with van der Waals surface area (Å²) in [5.41, 5.74) is 0. The van der Waals surface area contributed by atoms with Crippen molar-refractivity contribution in [1.29, 1.82) is 0 Å². The summed E-state index contributed by atoms with van der Waals surface area (Å²) in [6.07, 6.45) is 14.1. The Kier molecular flexibility index (Phi) is 19.7. The van der Waals surface area contributed by atoms with Crippen molar-refractivity contribution in [2.45, 2.75) is 90.9 Å². The summed E-state index contributed by atoms with van der Waals surface area (Å²) in [4.78, 5) is 9.69.